The third-order valence-electron chi connectivity index (χ3n) is 7.11. The van der Waals surface area contributed by atoms with Crippen LogP contribution in [0.2, 0.25) is 0 Å². The van der Waals surface area contributed by atoms with Crippen LogP contribution in [0.15, 0.2) is 108 Å². The van der Waals surface area contributed by atoms with Crippen molar-refractivity contribution in [2.45, 2.75) is 95.9 Å². The van der Waals surface area contributed by atoms with E-state index < -0.39 is 0 Å². The number of rotatable bonds is 0. The first kappa shape index (κ1) is 48.8. The molecule has 0 fully saturated rings. The van der Waals surface area contributed by atoms with E-state index >= 15 is 0 Å². The average molecular weight is 838 g/mol. The van der Waals surface area contributed by atoms with E-state index in [2.05, 4.69) is 180 Å². The Hall–Kier alpha value is -1.29. The molecule has 2 aliphatic rings. The summed E-state index contributed by atoms with van der Waals surface area (Å²) in [5.41, 5.74) is 6.41. The summed E-state index contributed by atoms with van der Waals surface area (Å²) in [5.74, 6) is 0. The smallest absolute Gasteiger partial charge is 0.0809 e. The van der Waals surface area contributed by atoms with Crippen molar-refractivity contribution >= 4 is 28.0 Å². The average Bonchev–Trinajstić information content (AvgIpc) is 3.78. The van der Waals surface area contributed by atoms with Crippen LogP contribution in [0, 0.1) is 36.8 Å². The quantitative estimate of drug-likeness (QED) is 0.174. The van der Waals surface area contributed by atoms with Crippen molar-refractivity contribution in [1.29, 1.82) is 0 Å². The second-order valence-electron chi connectivity index (χ2n) is 14.2. The van der Waals surface area contributed by atoms with Crippen molar-refractivity contribution in [3.05, 3.63) is 132 Å². The summed E-state index contributed by atoms with van der Waals surface area (Å²) >= 11 is 3.11. The zero-order chi connectivity index (χ0) is 34.9. The zero-order valence-corrected chi connectivity index (χ0v) is 37.8. The van der Waals surface area contributed by atoms with E-state index in [4.69, 9.17) is 0 Å². The molecule has 0 aromatic heterocycles. The molecule has 0 unspecified atom stereocenters. The Labute approximate surface area is 336 Å². The predicted octanol–water partition coefficient (Wildman–Crippen LogP) is 6.68. The standard InChI is InChI=1S/2C10H9.2C9H13.2C3H6.2ClH.2Zr/c2*1-8-6-7-9-4-2-3-5-10(8)9;2*1-9(2,3)8-6-4-5-7-8;2*1-3-2;;;;/h2*2-7H,1H3;2*4,6H,7H2,1-3H3;2*1-2H3;2*1H;;/q4*-1;;;;;2*+2/p-2. The monoisotopic (exact) mass is 834 g/mol. The van der Waals surface area contributed by atoms with Gasteiger partial charge in [0, 0.05) is 0 Å². The topological polar surface area (TPSA) is 0 Å². The third-order valence-corrected chi connectivity index (χ3v) is 7.11. The Bertz CT molecular complexity index is 1510. The molecule has 0 aliphatic heterocycles. The van der Waals surface area contributed by atoms with Crippen LogP contribution in [0.25, 0.3) is 21.5 Å². The van der Waals surface area contributed by atoms with Gasteiger partial charge in [0.2, 0.25) is 0 Å². The van der Waals surface area contributed by atoms with Crippen LogP contribution in [-0.2, 0) is 48.5 Å². The summed E-state index contributed by atoms with van der Waals surface area (Å²) in [5, 5.41) is 5.45. The molecule has 0 amide bonds. The minimum Gasteiger partial charge on any atom is -1.00 e. The third kappa shape index (κ3) is 20.4. The fraction of sp³-hybridized carbons (Fsp3) is 0.364. The summed E-state index contributed by atoms with van der Waals surface area (Å²) in [4.78, 5) is 0. The van der Waals surface area contributed by atoms with Crippen LogP contribution in [0.3, 0.4) is 0 Å². The Morgan fingerprint density at radius 3 is 1.08 bits per heavy atom. The Morgan fingerprint density at radius 2 is 0.875 bits per heavy atom. The Morgan fingerprint density at radius 1 is 0.583 bits per heavy atom. The second kappa shape index (κ2) is 24.8. The molecule has 0 nitrogen and oxygen atoms in total. The maximum Gasteiger partial charge on any atom is -0.0809 e. The zero-order valence-electron chi connectivity index (χ0n) is 31.4. The first-order valence-corrected chi connectivity index (χ1v) is 18.7. The van der Waals surface area contributed by atoms with Crippen LogP contribution in [0.5, 0.6) is 0 Å². The van der Waals surface area contributed by atoms with Crippen LogP contribution in [-0.4, -0.2) is 6.41 Å². The summed E-state index contributed by atoms with van der Waals surface area (Å²) in [6.45, 7) is 26.2. The molecule has 256 valence electrons. The first-order valence-electron chi connectivity index (χ1n) is 16.2. The number of benzene rings is 2. The Balaban J connectivity index is 0. The van der Waals surface area contributed by atoms with Crippen LogP contribution in [0.1, 0.15) is 93.2 Å². The van der Waals surface area contributed by atoms with Gasteiger partial charge in [-0.3, -0.25) is 12.2 Å². The molecule has 0 radical (unpaired) electrons. The number of fused-ring (bicyclic) bond motifs is 2. The molecule has 4 heteroatoms. The van der Waals surface area contributed by atoms with Gasteiger partial charge in [0.25, 0.3) is 0 Å². The van der Waals surface area contributed by atoms with Gasteiger partial charge in [0.05, 0.1) is 0 Å². The minimum absolute atomic E-state index is 0. The predicted molar refractivity (Wildman–Crippen MR) is 201 cm³/mol. The number of hydrogen-bond donors (Lipinski definition) is 0. The molecule has 2 aliphatic carbocycles. The molecule has 6 rings (SSSR count). The fourth-order valence-electron chi connectivity index (χ4n) is 4.42. The normalized spacial score (nSPS) is 12.4. The molecular weight excluding hydrogens is 782 g/mol. The van der Waals surface area contributed by atoms with Crippen LogP contribution >= 0.6 is 0 Å². The molecule has 0 saturated carbocycles. The van der Waals surface area contributed by atoms with Gasteiger partial charge < -0.3 is 24.8 Å². The van der Waals surface area contributed by atoms with Gasteiger partial charge >= 0.3 is 82.6 Å². The van der Waals surface area contributed by atoms with Gasteiger partial charge in [0.15, 0.2) is 0 Å². The maximum atomic E-state index is 3.16. The molecule has 0 atom stereocenters. The Kier molecular flexibility index (Phi) is 25.2. The molecule has 0 N–H and O–H groups in total. The van der Waals surface area contributed by atoms with Gasteiger partial charge in [-0.1, -0.05) is 67.5 Å². The van der Waals surface area contributed by atoms with Crippen LogP contribution in [0.4, 0.5) is 0 Å². The van der Waals surface area contributed by atoms with Gasteiger partial charge in [-0.25, -0.2) is 24.3 Å². The molecule has 0 spiro atoms. The molecule has 0 bridgehead atoms. The molecule has 4 aromatic rings. The van der Waals surface area contributed by atoms with Crippen molar-refractivity contribution in [2.75, 3.05) is 0 Å². The van der Waals surface area contributed by atoms with E-state index in [1.165, 1.54) is 50.2 Å². The van der Waals surface area contributed by atoms with Crippen molar-refractivity contribution in [2.24, 2.45) is 10.8 Å². The number of hydrogen-bond acceptors (Lipinski definition) is 0. The van der Waals surface area contributed by atoms with Gasteiger partial charge in [-0.2, -0.15) is 34.4 Å². The van der Waals surface area contributed by atoms with E-state index in [0.29, 0.717) is 10.8 Å². The molecule has 4 aromatic carbocycles. The van der Waals surface area contributed by atoms with E-state index in [1.54, 1.807) is 48.5 Å². The van der Waals surface area contributed by atoms with Crippen molar-refractivity contribution < 1.29 is 73.3 Å². The van der Waals surface area contributed by atoms with E-state index in [1.807, 2.05) is 12.2 Å². The number of halogens is 2. The summed E-state index contributed by atoms with van der Waals surface area (Å²) < 4.78 is 3.01. The minimum atomic E-state index is 0. The SMILES string of the molecule is CC(C)(C)C1=CC=[C-]C1.CC(C)(C)C1=CC=[C-]C1.C[C](C)=[Zr+2].C[C](C)=[Zr+2].Cc1c[cH-]c2ccccc12.Cc1c[cH-]c2ccccc12.[Cl-].[Cl-]. The van der Waals surface area contributed by atoms with Gasteiger partial charge in [-0.15, -0.1) is 82.9 Å². The molecular formula is C44H56Cl2Zr2-2. The van der Waals surface area contributed by atoms with E-state index in [9.17, 15) is 0 Å². The summed E-state index contributed by atoms with van der Waals surface area (Å²) in [7, 11) is 0. The van der Waals surface area contributed by atoms with Crippen molar-refractivity contribution in [3.8, 4) is 0 Å². The molecule has 0 heterocycles. The van der Waals surface area contributed by atoms with Gasteiger partial charge in [0.1, 0.15) is 0 Å². The van der Waals surface area contributed by atoms with Crippen molar-refractivity contribution in [3.63, 3.8) is 0 Å². The number of aryl methyl sites for hydroxylation is 2. The fourth-order valence-corrected chi connectivity index (χ4v) is 4.42. The van der Waals surface area contributed by atoms with E-state index in [-0.39, 0.29) is 24.8 Å². The van der Waals surface area contributed by atoms with Crippen molar-refractivity contribution in [1.82, 2.24) is 0 Å². The largest absolute Gasteiger partial charge is 1.00 e. The number of allylic oxidation sites excluding steroid dienone is 8. The van der Waals surface area contributed by atoms with Crippen LogP contribution < -0.4 is 24.8 Å². The van der Waals surface area contributed by atoms with E-state index in [0.717, 1.165) is 12.8 Å². The van der Waals surface area contributed by atoms with Gasteiger partial charge in [-0.05, 0) is 10.8 Å². The maximum absolute atomic E-state index is 3.16. The second-order valence-corrected chi connectivity index (χ2v) is 19.1. The summed E-state index contributed by atoms with van der Waals surface area (Å²) in [6, 6.07) is 25.5. The molecule has 48 heavy (non-hydrogen) atoms. The molecule has 0 saturated heterocycles. The summed E-state index contributed by atoms with van der Waals surface area (Å²) in [6.07, 6.45) is 16.7. The first-order chi connectivity index (χ1) is 21.4.